The highest BCUT2D eigenvalue weighted by molar-refractivity contribution is 7.98. The first-order valence-corrected chi connectivity index (χ1v) is 8.70. The molecule has 24 heavy (non-hydrogen) atoms. The van der Waals surface area contributed by atoms with Crippen LogP contribution < -0.4 is 5.32 Å². The first-order chi connectivity index (χ1) is 11.4. The molecule has 0 fully saturated rings. The maximum absolute atomic E-state index is 12.3. The van der Waals surface area contributed by atoms with Gasteiger partial charge in [-0.15, -0.1) is 11.8 Å². The van der Waals surface area contributed by atoms with Crippen molar-refractivity contribution in [3.8, 4) is 0 Å². The van der Waals surface area contributed by atoms with Gasteiger partial charge in [0.1, 0.15) is 5.76 Å². The predicted octanol–water partition coefficient (Wildman–Crippen LogP) is 2.89. The van der Waals surface area contributed by atoms with E-state index in [2.05, 4.69) is 10.5 Å². The van der Waals surface area contributed by atoms with E-state index in [-0.39, 0.29) is 18.7 Å². The summed E-state index contributed by atoms with van der Waals surface area (Å²) in [4.78, 5) is 24.5. The van der Waals surface area contributed by atoms with Crippen LogP contribution in [0.3, 0.4) is 0 Å². The molecular weight excluding hydrogens is 328 g/mol. The van der Waals surface area contributed by atoms with Gasteiger partial charge in [-0.2, -0.15) is 0 Å². The fraction of sp³-hybridized carbons (Fsp3) is 0.353. The number of benzene rings is 1. The van der Waals surface area contributed by atoms with Gasteiger partial charge in [0.25, 0.3) is 0 Å². The Kier molecular flexibility index (Phi) is 6.03. The Morgan fingerprint density at radius 2 is 1.96 bits per heavy atom. The van der Waals surface area contributed by atoms with Crippen molar-refractivity contribution in [1.82, 2.24) is 10.5 Å². The van der Waals surface area contributed by atoms with Crippen LogP contribution in [0.5, 0.6) is 0 Å². The predicted molar refractivity (Wildman–Crippen MR) is 91.0 cm³/mol. The smallest absolute Gasteiger partial charge is 0.305 e. The Bertz CT molecular complexity index is 705. The number of rotatable bonds is 7. The number of nitrogens with zero attached hydrogens (tertiary/aromatic N) is 1. The summed E-state index contributed by atoms with van der Waals surface area (Å²) in [7, 11) is 0. The average Bonchev–Trinajstić information content (AvgIpc) is 2.86. The van der Waals surface area contributed by atoms with Crippen molar-refractivity contribution < 1.29 is 19.2 Å². The van der Waals surface area contributed by atoms with Crippen LogP contribution in [-0.4, -0.2) is 28.4 Å². The largest absolute Gasteiger partial charge is 0.481 e. The number of hydrogen-bond acceptors (Lipinski definition) is 5. The summed E-state index contributed by atoms with van der Waals surface area (Å²) in [5.41, 5.74) is 2.17. The third-order valence-electron chi connectivity index (χ3n) is 3.75. The molecule has 128 valence electrons. The molecule has 0 bridgehead atoms. The second-order valence-electron chi connectivity index (χ2n) is 5.47. The van der Waals surface area contributed by atoms with Crippen molar-refractivity contribution in [3.05, 3.63) is 46.8 Å². The van der Waals surface area contributed by atoms with Crippen molar-refractivity contribution in [2.45, 2.75) is 37.6 Å². The normalized spacial score (nSPS) is 12.0. The number of aromatic nitrogens is 1. The SMILES string of the molecule is CSc1ccc(C(CC(=O)O)NC(=O)Cc2c(C)noc2C)cc1. The molecule has 2 aromatic rings. The second-order valence-corrected chi connectivity index (χ2v) is 6.35. The Balaban J connectivity index is 2.12. The fourth-order valence-electron chi connectivity index (χ4n) is 2.42. The number of carbonyl (C=O) groups is 2. The third kappa shape index (κ3) is 4.61. The molecule has 2 rings (SSSR count). The van der Waals surface area contributed by atoms with Gasteiger partial charge in [0.05, 0.1) is 24.6 Å². The summed E-state index contributed by atoms with van der Waals surface area (Å²) in [6.07, 6.45) is 1.90. The zero-order valence-electron chi connectivity index (χ0n) is 13.8. The van der Waals surface area contributed by atoms with Crippen LogP contribution in [-0.2, 0) is 16.0 Å². The maximum Gasteiger partial charge on any atom is 0.305 e. The number of aryl methyl sites for hydroxylation is 2. The van der Waals surface area contributed by atoms with E-state index in [9.17, 15) is 9.59 Å². The molecule has 1 unspecified atom stereocenters. The van der Waals surface area contributed by atoms with Crippen LogP contribution in [0.2, 0.25) is 0 Å². The summed E-state index contributed by atoms with van der Waals surface area (Å²) < 4.78 is 5.05. The fourth-order valence-corrected chi connectivity index (χ4v) is 2.83. The van der Waals surface area contributed by atoms with Crippen molar-refractivity contribution in [2.24, 2.45) is 0 Å². The van der Waals surface area contributed by atoms with Crippen LogP contribution in [0.25, 0.3) is 0 Å². The van der Waals surface area contributed by atoms with Crippen molar-refractivity contribution in [2.75, 3.05) is 6.26 Å². The molecule has 1 aromatic carbocycles. The molecule has 0 spiro atoms. The van der Waals surface area contributed by atoms with Gasteiger partial charge in [0, 0.05) is 10.5 Å². The lowest BCUT2D eigenvalue weighted by Crippen LogP contribution is -2.31. The van der Waals surface area contributed by atoms with Crippen LogP contribution in [0.15, 0.2) is 33.7 Å². The molecule has 1 amide bonds. The van der Waals surface area contributed by atoms with Crippen LogP contribution in [0.4, 0.5) is 0 Å². The Hall–Kier alpha value is -2.28. The number of carboxylic acid groups (broad SMARTS) is 1. The molecule has 7 heteroatoms. The topological polar surface area (TPSA) is 92.4 Å². The number of thioether (sulfide) groups is 1. The molecule has 0 aliphatic carbocycles. The van der Waals surface area contributed by atoms with Gasteiger partial charge < -0.3 is 14.9 Å². The minimum atomic E-state index is -0.966. The Morgan fingerprint density at radius 1 is 1.29 bits per heavy atom. The molecule has 6 nitrogen and oxygen atoms in total. The van der Waals surface area contributed by atoms with Crippen molar-refractivity contribution in [1.29, 1.82) is 0 Å². The number of carboxylic acids is 1. The molecule has 1 atom stereocenters. The second kappa shape index (κ2) is 8.01. The minimum Gasteiger partial charge on any atom is -0.481 e. The van der Waals surface area contributed by atoms with Gasteiger partial charge in [-0.3, -0.25) is 9.59 Å². The summed E-state index contributed by atoms with van der Waals surface area (Å²) in [6.45, 7) is 3.52. The van der Waals surface area contributed by atoms with Gasteiger partial charge in [0.2, 0.25) is 5.91 Å². The quantitative estimate of drug-likeness (QED) is 0.748. The van der Waals surface area contributed by atoms with E-state index in [0.29, 0.717) is 11.5 Å². The first kappa shape index (κ1) is 18.1. The molecule has 0 saturated carbocycles. The van der Waals surface area contributed by atoms with Gasteiger partial charge in [0.15, 0.2) is 0 Å². The molecule has 0 aliphatic rings. The van der Waals surface area contributed by atoms with Crippen LogP contribution in [0, 0.1) is 13.8 Å². The zero-order valence-corrected chi connectivity index (χ0v) is 14.6. The highest BCUT2D eigenvalue weighted by Gasteiger charge is 2.20. The molecule has 0 radical (unpaired) electrons. The van der Waals surface area contributed by atoms with E-state index in [1.54, 1.807) is 25.6 Å². The van der Waals surface area contributed by atoms with E-state index in [4.69, 9.17) is 9.63 Å². The van der Waals surface area contributed by atoms with Gasteiger partial charge >= 0.3 is 5.97 Å². The van der Waals surface area contributed by atoms with Gasteiger partial charge in [-0.25, -0.2) is 0 Å². The molecule has 1 aromatic heterocycles. The number of amides is 1. The van der Waals surface area contributed by atoms with Gasteiger partial charge in [-0.1, -0.05) is 17.3 Å². The zero-order chi connectivity index (χ0) is 17.7. The minimum absolute atomic E-state index is 0.111. The number of hydrogen-bond donors (Lipinski definition) is 2. The molecule has 0 aliphatic heterocycles. The Morgan fingerprint density at radius 3 is 2.46 bits per heavy atom. The summed E-state index contributed by atoms with van der Waals surface area (Å²) in [6, 6.07) is 6.93. The summed E-state index contributed by atoms with van der Waals surface area (Å²) in [5.74, 6) is -0.627. The third-order valence-corrected chi connectivity index (χ3v) is 4.49. The van der Waals surface area contributed by atoms with Crippen molar-refractivity contribution in [3.63, 3.8) is 0 Å². The Labute approximate surface area is 144 Å². The van der Waals surface area contributed by atoms with E-state index < -0.39 is 12.0 Å². The number of aliphatic carboxylic acids is 1. The summed E-state index contributed by atoms with van der Waals surface area (Å²) in [5, 5.41) is 15.7. The maximum atomic E-state index is 12.3. The number of nitrogens with one attached hydrogen (secondary N) is 1. The highest BCUT2D eigenvalue weighted by atomic mass is 32.2. The van der Waals surface area contributed by atoms with E-state index in [0.717, 1.165) is 16.0 Å². The summed E-state index contributed by atoms with van der Waals surface area (Å²) >= 11 is 1.60. The lowest BCUT2D eigenvalue weighted by atomic mass is 10.0. The van der Waals surface area contributed by atoms with E-state index in [1.807, 2.05) is 30.5 Å². The lowest BCUT2D eigenvalue weighted by Gasteiger charge is -2.18. The standard InChI is InChI=1S/C17H20N2O4S/c1-10-14(11(2)23-19-10)8-16(20)18-15(9-17(21)22)12-4-6-13(24-3)7-5-12/h4-7,15H,8-9H2,1-3H3,(H,18,20)(H,21,22). The van der Waals surface area contributed by atoms with E-state index in [1.165, 1.54) is 0 Å². The van der Waals surface area contributed by atoms with Gasteiger partial charge in [-0.05, 0) is 37.8 Å². The van der Waals surface area contributed by atoms with Crippen LogP contribution >= 0.6 is 11.8 Å². The highest BCUT2D eigenvalue weighted by Crippen LogP contribution is 2.22. The van der Waals surface area contributed by atoms with Crippen LogP contribution in [0.1, 0.15) is 35.0 Å². The first-order valence-electron chi connectivity index (χ1n) is 7.47. The van der Waals surface area contributed by atoms with E-state index >= 15 is 0 Å². The average molecular weight is 348 g/mol. The molecule has 2 N–H and O–H groups in total. The lowest BCUT2D eigenvalue weighted by molar-refractivity contribution is -0.137. The molecular formula is C17H20N2O4S. The van der Waals surface area contributed by atoms with Crippen molar-refractivity contribution >= 4 is 23.6 Å². The molecule has 1 heterocycles. The number of carbonyl (C=O) groups excluding carboxylic acids is 1. The molecule has 0 saturated heterocycles. The monoisotopic (exact) mass is 348 g/mol.